The SMILES string of the molecule is Cc1ccc(CN=C(N)C2CCCCC2)o1. The van der Waals surface area contributed by atoms with E-state index in [-0.39, 0.29) is 0 Å². The fraction of sp³-hybridized carbons (Fsp3) is 0.615. The smallest absolute Gasteiger partial charge is 0.125 e. The van der Waals surface area contributed by atoms with Crippen molar-refractivity contribution in [2.75, 3.05) is 0 Å². The minimum Gasteiger partial charge on any atom is -0.464 e. The van der Waals surface area contributed by atoms with Gasteiger partial charge in [-0.15, -0.1) is 0 Å². The van der Waals surface area contributed by atoms with E-state index in [1.165, 1.54) is 32.1 Å². The molecule has 0 saturated heterocycles. The van der Waals surface area contributed by atoms with E-state index in [0.717, 1.165) is 17.4 Å². The molecule has 2 rings (SSSR count). The summed E-state index contributed by atoms with van der Waals surface area (Å²) in [6.07, 6.45) is 6.34. The van der Waals surface area contributed by atoms with Gasteiger partial charge in [-0.25, -0.2) is 0 Å². The van der Waals surface area contributed by atoms with E-state index < -0.39 is 0 Å². The van der Waals surface area contributed by atoms with Crippen LogP contribution in [0.4, 0.5) is 0 Å². The molecule has 0 unspecified atom stereocenters. The highest BCUT2D eigenvalue weighted by Gasteiger charge is 2.16. The predicted octanol–water partition coefficient (Wildman–Crippen LogP) is 3.03. The maximum Gasteiger partial charge on any atom is 0.125 e. The van der Waals surface area contributed by atoms with E-state index in [4.69, 9.17) is 10.2 Å². The Kier molecular flexibility index (Phi) is 3.65. The third kappa shape index (κ3) is 2.87. The standard InChI is InChI=1S/C13H20N2O/c1-10-7-8-12(16-10)9-15-13(14)11-5-3-2-4-6-11/h7-8,11H,2-6,9H2,1H3,(H2,14,15). The minimum absolute atomic E-state index is 0.504. The number of amidine groups is 1. The first-order chi connectivity index (χ1) is 7.75. The van der Waals surface area contributed by atoms with Crippen LogP contribution in [0.2, 0.25) is 0 Å². The number of hydrogen-bond acceptors (Lipinski definition) is 2. The molecule has 0 spiro atoms. The second-order valence-electron chi connectivity index (χ2n) is 4.59. The summed E-state index contributed by atoms with van der Waals surface area (Å²) >= 11 is 0. The number of nitrogens with zero attached hydrogens (tertiary/aromatic N) is 1. The predicted molar refractivity (Wildman–Crippen MR) is 65.3 cm³/mol. The van der Waals surface area contributed by atoms with Gasteiger partial charge in [-0.2, -0.15) is 0 Å². The van der Waals surface area contributed by atoms with Crippen molar-refractivity contribution >= 4 is 5.84 Å². The van der Waals surface area contributed by atoms with Gasteiger partial charge in [0.05, 0.1) is 12.4 Å². The fourth-order valence-corrected chi connectivity index (χ4v) is 2.27. The van der Waals surface area contributed by atoms with E-state index >= 15 is 0 Å². The van der Waals surface area contributed by atoms with E-state index in [1.54, 1.807) is 0 Å². The summed E-state index contributed by atoms with van der Waals surface area (Å²) in [6, 6.07) is 3.93. The molecule has 1 heterocycles. The van der Waals surface area contributed by atoms with Crippen molar-refractivity contribution < 1.29 is 4.42 Å². The molecule has 1 fully saturated rings. The molecule has 0 radical (unpaired) electrons. The fourth-order valence-electron chi connectivity index (χ4n) is 2.27. The van der Waals surface area contributed by atoms with Gasteiger partial charge in [-0.3, -0.25) is 4.99 Å². The number of hydrogen-bond donors (Lipinski definition) is 1. The quantitative estimate of drug-likeness (QED) is 0.628. The van der Waals surface area contributed by atoms with Gasteiger partial charge in [-0.05, 0) is 31.9 Å². The summed E-state index contributed by atoms with van der Waals surface area (Å²) in [5.74, 6) is 3.15. The van der Waals surface area contributed by atoms with Gasteiger partial charge in [0.1, 0.15) is 11.5 Å². The molecule has 16 heavy (non-hydrogen) atoms. The normalized spacial score (nSPS) is 18.9. The van der Waals surface area contributed by atoms with Gasteiger partial charge in [0, 0.05) is 5.92 Å². The highest BCUT2D eigenvalue weighted by atomic mass is 16.3. The van der Waals surface area contributed by atoms with Crippen LogP contribution in [0.3, 0.4) is 0 Å². The van der Waals surface area contributed by atoms with Crippen LogP contribution in [0.25, 0.3) is 0 Å². The van der Waals surface area contributed by atoms with Gasteiger partial charge < -0.3 is 10.2 Å². The van der Waals surface area contributed by atoms with Crippen molar-refractivity contribution in [3.05, 3.63) is 23.7 Å². The zero-order valence-electron chi connectivity index (χ0n) is 9.91. The Hall–Kier alpha value is -1.25. The van der Waals surface area contributed by atoms with Crippen LogP contribution < -0.4 is 5.73 Å². The monoisotopic (exact) mass is 220 g/mol. The van der Waals surface area contributed by atoms with Crippen molar-refractivity contribution in [3.8, 4) is 0 Å². The second kappa shape index (κ2) is 5.19. The average Bonchev–Trinajstić information content (AvgIpc) is 2.73. The van der Waals surface area contributed by atoms with E-state index in [1.807, 2.05) is 19.1 Å². The Bertz CT molecular complexity index is 362. The summed E-state index contributed by atoms with van der Waals surface area (Å²) in [6.45, 7) is 2.52. The molecule has 0 atom stereocenters. The molecular weight excluding hydrogens is 200 g/mol. The molecule has 1 aromatic heterocycles. The molecule has 0 amide bonds. The van der Waals surface area contributed by atoms with Gasteiger partial charge in [0.2, 0.25) is 0 Å². The van der Waals surface area contributed by atoms with Crippen molar-refractivity contribution in [2.24, 2.45) is 16.6 Å². The Balaban J connectivity index is 1.90. The lowest BCUT2D eigenvalue weighted by Gasteiger charge is -2.20. The molecule has 88 valence electrons. The van der Waals surface area contributed by atoms with Crippen LogP contribution >= 0.6 is 0 Å². The van der Waals surface area contributed by atoms with Crippen LogP contribution in [0.5, 0.6) is 0 Å². The Labute approximate surface area is 96.7 Å². The van der Waals surface area contributed by atoms with Gasteiger partial charge in [0.15, 0.2) is 0 Å². The van der Waals surface area contributed by atoms with Crippen molar-refractivity contribution in [1.82, 2.24) is 0 Å². The number of aliphatic imine (C=N–C) groups is 1. The molecule has 0 aromatic carbocycles. The lowest BCUT2D eigenvalue weighted by molar-refractivity contribution is 0.435. The largest absolute Gasteiger partial charge is 0.464 e. The van der Waals surface area contributed by atoms with Gasteiger partial charge >= 0.3 is 0 Å². The molecule has 0 bridgehead atoms. The molecular formula is C13H20N2O. The van der Waals surface area contributed by atoms with E-state index in [0.29, 0.717) is 12.5 Å². The first-order valence-electron chi connectivity index (χ1n) is 6.11. The van der Waals surface area contributed by atoms with Crippen LogP contribution in [0.1, 0.15) is 43.6 Å². The highest BCUT2D eigenvalue weighted by molar-refractivity contribution is 5.82. The molecule has 1 aliphatic carbocycles. The zero-order chi connectivity index (χ0) is 11.4. The highest BCUT2D eigenvalue weighted by Crippen LogP contribution is 2.23. The lowest BCUT2D eigenvalue weighted by atomic mass is 9.88. The third-order valence-corrected chi connectivity index (χ3v) is 3.24. The summed E-state index contributed by atoms with van der Waals surface area (Å²) < 4.78 is 5.46. The summed E-state index contributed by atoms with van der Waals surface area (Å²) in [5.41, 5.74) is 6.01. The molecule has 0 aliphatic heterocycles. The Morgan fingerprint density at radius 2 is 2.12 bits per heavy atom. The van der Waals surface area contributed by atoms with Crippen LogP contribution in [0, 0.1) is 12.8 Å². The number of rotatable bonds is 3. The summed E-state index contributed by atoms with van der Waals surface area (Å²) in [4.78, 5) is 4.43. The Morgan fingerprint density at radius 3 is 2.75 bits per heavy atom. The topological polar surface area (TPSA) is 51.5 Å². The molecule has 3 nitrogen and oxygen atoms in total. The zero-order valence-corrected chi connectivity index (χ0v) is 9.91. The molecule has 3 heteroatoms. The second-order valence-corrected chi connectivity index (χ2v) is 4.59. The third-order valence-electron chi connectivity index (χ3n) is 3.24. The maximum absolute atomic E-state index is 6.01. The van der Waals surface area contributed by atoms with Crippen LogP contribution in [-0.2, 0) is 6.54 Å². The molecule has 2 N–H and O–H groups in total. The van der Waals surface area contributed by atoms with E-state index in [2.05, 4.69) is 4.99 Å². The average molecular weight is 220 g/mol. The number of furan rings is 1. The van der Waals surface area contributed by atoms with Crippen LogP contribution in [0.15, 0.2) is 21.5 Å². The van der Waals surface area contributed by atoms with Gasteiger partial charge in [-0.1, -0.05) is 19.3 Å². The maximum atomic E-state index is 6.01. The number of aryl methyl sites for hydroxylation is 1. The minimum atomic E-state index is 0.504. The van der Waals surface area contributed by atoms with Gasteiger partial charge in [0.25, 0.3) is 0 Å². The van der Waals surface area contributed by atoms with Crippen molar-refractivity contribution in [2.45, 2.75) is 45.6 Å². The van der Waals surface area contributed by atoms with E-state index in [9.17, 15) is 0 Å². The summed E-state index contributed by atoms with van der Waals surface area (Å²) in [5, 5.41) is 0. The molecule has 1 aromatic rings. The molecule has 1 saturated carbocycles. The lowest BCUT2D eigenvalue weighted by Crippen LogP contribution is -2.25. The van der Waals surface area contributed by atoms with Crippen molar-refractivity contribution in [3.63, 3.8) is 0 Å². The number of nitrogens with two attached hydrogens (primary N) is 1. The first-order valence-corrected chi connectivity index (χ1v) is 6.11. The molecule has 1 aliphatic rings. The van der Waals surface area contributed by atoms with Crippen molar-refractivity contribution in [1.29, 1.82) is 0 Å². The van der Waals surface area contributed by atoms with Crippen LogP contribution in [-0.4, -0.2) is 5.84 Å². The summed E-state index contributed by atoms with van der Waals surface area (Å²) in [7, 11) is 0. The first kappa shape index (κ1) is 11.2. The Morgan fingerprint density at radius 1 is 1.38 bits per heavy atom.